The van der Waals surface area contributed by atoms with Crippen LogP contribution in [0.1, 0.15) is 38.5 Å². The molecule has 1 aromatic carbocycles. The molecule has 0 aromatic heterocycles. The quantitative estimate of drug-likeness (QED) is 0.634. The summed E-state index contributed by atoms with van der Waals surface area (Å²) in [6, 6.07) is 3.65. The number of hydrogen-bond acceptors (Lipinski definition) is 1. The highest BCUT2D eigenvalue weighted by Gasteiger charge is 2.13. The van der Waals surface area contributed by atoms with Crippen molar-refractivity contribution >= 4 is 23.0 Å². The van der Waals surface area contributed by atoms with Crippen LogP contribution in [0.25, 0.3) is 0 Å². The SMILES string of the molecule is Fc1cc(F)cc(NC(=S)NC2CCCCCC2)c1. The molecule has 1 fully saturated rings. The lowest BCUT2D eigenvalue weighted by atomic mass is 10.1. The van der Waals surface area contributed by atoms with Crippen LogP contribution in [0.5, 0.6) is 0 Å². The first kappa shape index (κ1) is 14.2. The summed E-state index contributed by atoms with van der Waals surface area (Å²) in [6.07, 6.45) is 7.14. The van der Waals surface area contributed by atoms with Crippen LogP contribution in [-0.4, -0.2) is 11.2 Å². The highest BCUT2D eigenvalue weighted by Crippen LogP contribution is 2.18. The summed E-state index contributed by atoms with van der Waals surface area (Å²) >= 11 is 5.18. The summed E-state index contributed by atoms with van der Waals surface area (Å²) in [5.74, 6) is -1.22. The second-order valence-corrected chi connectivity index (χ2v) is 5.35. The molecule has 5 heteroatoms. The maximum Gasteiger partial charge on any atom is 0.170 e. The second-order valence-electron chi connectivity index (χ2n) is 4.95. The van der Waals surface area contributed by atoms with E-state index in [2.05, 4.69) is 10.6 Å². The molecular weight excluding hydrogens is 266 g/mol. The van der Waals surface area contributed by atoms with E-state index < -0.39 is 11.6 Å². The van der Waals surface area contributed by atoms with Gasteiger partial charge in [0, 0.05) is 17.8 Å². The number of benzene rings is 1. The molecule has 0 aliphatic heterocycles. The Hall–Kier alpha value is -1.23. The van der Waals surface area contributed by atoms with Gasteiger partial charge in [-0.2, -0.15) is 0 Å². The molecule has 104 valence electrons. The summed E-state index contributed by atoms with van der Waals surface area (Å²) in [5.41, 5.74) is 0.337. The zero-order valence-corrected chi connectivity index (χ0v) is 11.5. The van der Waals surface area contributed by atoms with E-state index in [9.17, 15) is 8.78 Å². The summed E-state index contributed by atoms with van der Waals surface area (Å²) in [5, 5.41) is 6.48. The molecule has 0 bridgehead atoms. The average molecular weight is 284 g/mol. The standard InChI is InChI=1S/C14H18F2N2S/c15-10-7-11(16)9-13(8-10)18-14(19)17-12-5-3-1-2-4-6-12/h7-9,12H,1-6H2,(H2,17,18,19). The number of thiocarbonyl (C=S) groups is 1. The maximum atomic E-state index is 13.0. The first-order chi connectivity index (χ1) is 9.13. The van der Waals surface area contributed by atoms with Crippen LogP contribution in [0, 0.1) is 11.6 Å². The van der Waals surface area contributed by atoms with Crippen molar-refractivity contribution in [3.63, 3.8) is 0 Å². The average Bonchev–Trinajstić information content (AvgIpc) is 2.55. The van der Waals surface area contributed by atoms with E-state index >= 15 is 0 Å². The minimum atomic E-state index is -0.611. The molecule has 1 aliphatic rings. The molecule has 0 unspecified atom stereocenters. The molecule has 1 aromatic rings. The van der Waals surface area contributed by atoms with Crippen LogP contribution in [0.15, 0.2) is 18.2 Å². The fraction of sp³-hybridized carbons (Fsp3) is 0.500. The largest absolute Gasteiger partial charge is 0.360 e. The number of rotatable bonds is 2. The first-order valence-electron chi connectivity index (χ1n) is 6.67. The van der Waals surface area contributed by atoms with Gasteiger partial charge >= 0.3 is 0 Å². The third-order valence-corrected chi connectivity index (χ3v) is 3.53. The number of hydrogen-bond donors (Lipinski definition) is 2. The zero-order chi connectivity index (χ0) is 13.7. The van der Waals surface area contributed by atoms with Crippen LogP contribution in [0.3, 0.4) is 0 Å². The molecule has 0 saturated heterocycles. The number of anilines is 1. The van der Waals surface area contributed by atoms with Gasteiger partial charge in [0.15, 0.2) is 5.11 Å². The van der Waals surface area contributed by atoms with E-state index in [-0.39, 0.29) is 0 Å². The molecular formula is C14H18F2N2S. The number of nitrogens with one attached hydrogen (secondary N) is 2. The molecule has 1 aliphatic carbocycles. The van der Waals surface area contributed by atoms with Gasteiger partial charge in [0.2, 0.25) is 0 Å². The smallest absolute Gasteiger partial charge is 0.170 e. The van der Waals surface area contributed by atoms with E-state index in [0.29, 0.717) is 16.8 Å². The van der Waals surface area contributed by atoms with Crippen molar-refractivity contribution in [2.75, 3.05) is 5.32 Å². The normalized spacial score (nSPS) is 16.7. The first-order valence-corrected chi connectivity index (χ1v) is 7.08. The van der Waals surface area contributed by atoms with Gasteiger partial charge in [-0.25, -0.2) is 8.78 Å². The fourth-order valence-corrected chi connectivity index (χ4v) is 2.69. The highest BCUT2D eigenvalue weighted by atomic mass is 32.1. The van der Waals surface area contributed by atoms with Crippen LogP contribution in [0.4, 0.5) is 14.5 Å². The molecule has 0 spiro atoms. The lowest BCUT2D eigenvalue weighted by molar-refractivity contribution is 0.535. The third kappa shape index (κ3) is 4.74. The van der Waals surface area contributed by atoms with Crippen LogP contribution >= 0.6 is 12.2 Å². The van der Waals surface area contributed by atoms with Crippen molar-refractivity contribution in [2.24, 2.45) is 0 Å². The predicted octanol–water partition coefficient (Wildman–Crippen LogP) is 3.97. The van der Waals surface area contributed by atoms with Crippen LogP contribution in [-0.2, 0) is 0 Å². The molecule has 2 nitrogen and oxygen atoms in total. The van der Waals surface area contributed by atoms with Crippen molar-refractivity contribution in [3.05, 3.63) is 29.8 Å². The van der Waals surface area contributed by atoms with Crippen molar-refractivity contribution in [1.82, 2.24) is 5.32 Å². The van der Waals surface area contributed by atoms with Gasteiger partial charge in [0.25, 0.3) is 0 Å². The molecule has 0 atom stereocenters. The number of halogens is 2. The Kier molecular flexibility index (Phi) is 5.07. The van der Waals surface area contributed by atoms with Gasteiger partial charge in [0.05, 0.1) is 0 Å². The fourth-order valence-electron chi connectivity index (χ4n) is 2.40. The van der Waals surface area contributed by atoms with E-state index in [4.69, 9.17) is 12.2 Å². The molecule has 0 amide bonds. The predicted molar refractivity (Wildman–Crippen MR) is 77.2 cm³/mol. The van der Waals surface area contributed by atoms with E-state index in [0.717, 1.165) is 18.9 Å². The lowest BCUT2D eigenvalue weighted by Crippen LogP contribution is -2.37. The Morgan fingerprint density at radius 2 is 1.58 bits per heavy atom. The van der Waals surface area contributed by atoms with Crippen molar-refractivity contribution in [1.29, 1.82) is 0 Å². The minimum absolute atomic E-state index is 0.337. The molecule has 0 radical (unpaired) electrons. The molecule has 1 saturated carbocycles. The summed E-state index contributed by atoms with van der Waals surface area (Å²) in [6.45, 7) is 0. The van der Waals surface area contributed by atoms with E-state index in [1.807, 2.05) is 0 Å². The van der Waals surface area contributed by atoms with Crippen molar-refractivity contribution in [3.8, 4) is 0 Å². The van der Waals surface area contributed by atoms with E-state index in [1.165, 1.54) is 37.8 Å². The second kappa shape index (κ2) is 6.80. The highest BCUT2D eigenvalue weighted by molar-refractivity contribution is 7.80. The zero-order valence-electron chi connectivity index (χ0n) is 10.7. The summed E-state index contributed by atoms with van der Waals surface area (Å²) in [7, 11) is 0. The summed E-state index contributed by atoms with van der Waals surface area (Å²) in [4.78, 5) is 0. The van der Waals surface area contributed by atoms with Crippen LogP contribution < -0.4 is 10.6 Å². The Morgan fingerprint density at radius 1 is 1.00 bits per heavy atom. The molecule has 2 N–H and O–H groups in total. The molecule has 19 heavy (non-hydrogen) atoms. The Labute approximate surface area is 117 Å². The van der Waals surface area contributed by atoms with Crippen molar-refractivity contribution < 1.29 is 8.78 Å². The van der Waals surface area contributed by atoms with Gasteiger partial charge < -0.3 is 10.6 Å². The Morgan fingerprint density at radius 3 is 2.16 bits per heavy atom. The molecule has 2 rings (SSSR count). The Bertz CT molecular complexity index is 423. The topological polar surface area (TPSA) is 24.1 Å². The van der Waals surface area contributed by atoms with E-state index in [1.54, 1.807) is 0 Å². The van der Waals surface area contributed by atoms with Crippen molar-refractivity contribution in [2.45, 2.75) is 44.6 Å². The van der Waals surface area contributed by atoms with Gasteiger partial charge in [0.1, 0.15) is 11.6 Å². The molecule has 0 heterocycles. The van der Waals surface area contributed by atoms with Gasteiger partial charge in [-0.05, 0) is 37.2 Å². The maximum absolute atomic E-state index is 13.0. The van der Waals surface area contributed by atoms with Gasteiger partial charge in [-0.3, -0.25) is 0 Å². The Balaban J connectivity index is 1.89. The minimum Gasteiger partial charge on any atom is -0.360 e. The van der Waals surface area contributed by atoms with Gasteiger partial charge in [-0.1, -0.05) is 25.7 Å². The lowest BCUT2D eigenvalue weighted by Gasteiger charge is -2.19. The van der Waals surface area contributed by atoms with Gasteiger partial charge in [-0.15, -0.1) is 0 Å². The monoisotopic (exact) mass is 284 g/mol. The van der Waals surface area contributed by atoms with Crippen LogP contribution in [0.2, 0.25) is 0 Å². The third-order valence-electron chi connectivity index (χ3n) is 3.31. The summed E-state index contributed by atoms with van der Waals surface area (Å²) < 4.78 is 26.1.